The average molecular weight is 338 g/mol. The normalized spacial score (nSPS) is 11.5. The lowest BCUT2D eigenvalue weighted by Crippen LogP contribution is -2.25. The molecule has 0 bridgehead atoms. The van der Waals surface area contributed by atoms with Gasteiger partial charge < -0.3 is 4.74 Å². The predicted octanol–water partition coefficient (Wildman–Crippen LogP) is 1.74. The maximum Gasteiger partial charge on any atom is 0.358 e. The number of carbonyl (C=O) groups is 1. The third kappa shape index (κ3) is 5.04. The van der Waals surface area contributed by atoms with Crippen molar-refractivity contribution in [1.82, 2.24) is 9.71 Å². The number of thiazole rings is 1. The maximum atomic E-state index is 12.1. The minimum Gasteiger partial charge on any atom is -0.464 e. The van der Waals surface area contributed by atoms with Gasteiger partial charge in [-0.3, -0.25) is 0 Å². The van der Waals surface area contributed by atoms with Gasteiger partial charge in [0.25, 0.3) is 10.0 Å². The zero-order valence-electron chi connectivity index (χ0n) is 11.4. The molecule has 1 heterocycles. The molecule has 20 heavy (non-hydrogen) atoms. The number of nitrogens with one attached hydrogen (secondary N) is 1. The van der Waals surface area contributed by atoms with Crippen LogP contribution in [0.5, 0.6) is 0 Å². The minimum atomic E-state index is -3.70. The molecule has 0 saturated carbocycles. The van der Waals surface area contributed by atoms with Crippen molar-refractivity contribution in [2.45, 2.75) is 23.5 Å². The van der Waals surface area contributed by atoms with Gasteiger partial charge in [0.2, 0.25) is 0 Å². The second-order valence-corrected chi connectivity index (χ2v) is 7.73. The number of nitrogens with zero attached hydrogens (tertiary/aromatic N) is 1. The summed E-state index contributed by atoms with van der Waals surface area (Å²) in [4.78, 5) is 15.2. The van der Waals surface area contributed by atoms with Gasteiger partial charge in [0, 0.05) is 6.54 Å². The molecule has 1 rings (SSSR count). The van der Waals surface area contributed by atoms with E-state index < -0.39 is 16.0 Å². The third-order valence-electron chi connectivity index (χ3n) is 2.48. The largest absolute Gasteiger partial charge is 0.464 e. The van der Waals surface area contributed by atoms with E-state index in [4.69, 9.17) is 0 Å². The zero-order chi connectivity index (χ0) is 15.0. The van der Waals surface area contributed by atoms with Crippen molar-refractivity contribution in [2.24, 2.45) is 0 Å². The Morgan fingerprint density at radius 2 is 2.20 bits per heavy atom. The van der Waals surface area contributed by atoms with E-state index in [-0.39, 0.29) is 9.90 Å². The molecule has 0 atom stereocenters. The van der Waals surface area contributed by atoms with Crippen LogP contribution in [0.4, 0.5) is 0 Å². The van der Waals surface area contributed by atoms with Crippen molar-refractivity contribution in [3.05, 3.63) is 11.2 Å². The van der Waals surface area contributed by atoms with E-state index in [0.29, 0.717) is 6.54 Å². The number of methoxy groups -OCH3 is 1. The van der Waals surface area contributed by atoms with Crippen LogP contribution in [0.2, 0.25) is 0 Å². The first-order chi connectivity index (χ1) is 9.53. The Morgan fingerprint density at radius 3 is 2.85 bits per heavy atom. The number of carbonyl (C=O) groups excluding carboxylic acids is 1. The molecule has 0 radical (unpaired) electrons. The van der Waals surface area contributed by atoms with E-state index in [9.17, 15) is 13.2 Å². The maximum absolute atomic E-state index is 12.1. The number of aromatic nitrogens is 1. The summed E-state index contributed by atoms with van der Waals surface area (Å²) in [5.41, 5.74) is 1.16. The minimum absolute atomic E-state index is 0.0894. The van der Waals surface area contributed by atoms with Crippen LogP contribution in [0.1, 0.15) is 29.8 Å². The van der Waals surface area contributed by atoms with Crippen LogP contribution in [-0.4, -0.2) is 45.0 Å². The highest BCUT2D eigenvalue weighted by atomic mass is 32.2. The molecule has 1 aromatic rings. The Kier molecular flexibility index (Phi) is 7.49. The number of thioether (sulfide) groups is 1. The number of ether oxygens (including phenoxy) is 1. The topological polar surface area (TPSA) is 85.4 Å². The molecule has 0 aliphatic heterocycles. The van der Waals surface area contributed by atoms with Crippen molar-refractivity contribution in [1.29, 1.82) is 0 Å². The Hall–Kier alpha value is -0.640. The first kappa shape index (κ1) is 17.4. The molecule has 114 valence electrons. The lowest BCUT2D eigenvalue weighted by molar-refractivity contribution is 0.0590. The van der Waals surface area contributed by atoms with Gasteiger partial charge in [-0.15, -0.1) is 11.3 Å². The van der Waals surface area contributed by atoms with Gasteiger partial charge in [-0.25, -0.2) is 22.9 Å². The standard InChI is InChI=1S/C11H18N2O4S3/c1-17-10(14)9-11(19-8-12-9)20(15,16)13-6-4-3-5-7-18-2/h8,13H,3-7H2,1-2H3. The van der Waals surface area contributed by atoms with Crippen molar-refractivity contribution in [2.75, 3.05) is 25.7 Å². The summed E-state index contributed by atoms with van der Waals surface area (Å²) in [5.74, 6) is 0.334. The van der Waals surface area contributed by atoms with Gasteiger partial charge in [0.15, 0.2) is 9.90 Å². The summed E-state index contributed by atoms with van der Waals surface area (Å²) in [6, 6.07) is 0. The van der Waals surface area contributed by atoms with Crippen LogP contribution in [0.3, 0.4) is 0 Å². The second-order valence-electron chi connectivity index (χ2n) is 3.93. The average Bonchev–Trinajstić information content (AvgIpc) is 2.92. The van der Waals surface area contributed by atoms with Gasteiger partial charge in [0.1, 0.15) is 0 Å². The number of hydrogen-bond acceptors (Lipinski definition) is 7. The summed E-state index contributed by atoms with van der Waals surface area (Å²) in [6.45, 7) is 0.356. The summed E-state index contributed by atoms with van der Waals surface area (Å²) >= 11 is 2.68. The van der Waals surface area contributed by atoms with Crippen LogP contribution in [0.25, 0.3) is 0 Å². The molecule has 0 amide bonds. The fraction of sp³-hybridized carbons (Fsp3) is 0.636. The summed E-state index contributed by atoms with van der Waals surface area (Å²) in [5, 5.41) is 0. The van der Waals surface area contributed by atoms with E-state index in [1.165, 1.54) is 12.6 Å². The monoisotopic (exact) mass is 338 g/mol. The highest BCUT2D eigenvalue weighted by Gasteiger charge is 2.25. The Morgan fingerprint density at radius 1 is 1.45 bits per heavy atom. The molecule has 0 spiro atoms. The van der Waals surface area contributed by atoms with E-state index in [2.05, 4.69) is 14.4 Å². The van der Waals surface area contributed by atoms with E-state index in [1.54, 1.807) is 11.8 Å². The molecule has 0 aliphatic rings. The van der Waals surface area contributed by atoms with Crippen LogP contribution in [0, 0.1) is 0 Å². The van der Waals surface area contributed by atoms with Crippen molar-refractivity contribution in [3.8, 4) is 0 Å². The quantitative estimate of drug-likeness (QED) is 0.545. The van der Waals surface area contributed by atoms with Crippen LogP contribution >= 0.6 is 23.1 Å². The van der Waals surface area contributed by atoms with Crippen molar-refractivity contribution >= 4 is 39.1 Å². The summed E-state index contributed by atoms with van der Waals surface area (Å²) in [7, 11) is -2.50. The highest BCUT2D eigenvalue weighted by Crippen LogP contribution is 2.20. The number of esters is 1. The number of sulfonamides is 1. The molecule has 0 saturated heterocycles. The Balaban J connectivity index is 2.57. The van der Waals surface area contributed by atoms with Crippen LogP contribution < -0.4 is 4.72 Å². The Labute approximate surface area is 127 Å². The summed E-state index contributed by atoms with van der Waals surface area (Å²) in [6.07, 6.45) is 4.85. The number of unbranched alkanes of at least 4 members (excludes halogenated alkanes) is 2. The first-order valence-corrected chi connectivity index (χ1v) is 9.79. The molecule has 6 nitrogen and oxygen atoms in total. The van der Waals surface area contributed by atoms with Gasteiger partial charge >= 0.3 is 5.97 Å². The van der Waals surface area contributed by atoms with Gasteiger partial charge in [-0.2, -0.15) is 11.8 Å². The third-order valence-corrected chi connectivity index (χ3v) is 6.00. The highest BCUT2D eigenvalue weighted by molar-refractivity contribution is 7.98. The lowest BCUT2D eigenvalue weighted by Gasteiger charge is -2.05. The fourth-order valence-electron chi connectivity index (χ4n) is 1.48. The summed E-state index contributed by atoms with van der Waals surface area (Å²) < 4.78 is 31.0. The predicted molar refractivity (Wildman–Crippen MR) is 80.9 cm³/mol. The van der Waals surface area contributed by atoms with Gasteiger partial charge in [0.05, 0.1) is 12.6 Å². The van der Waals surface area contributed by atoms with E-state index >= 15 is 0 Å². The number of hydrogen-bond donors (Lipinski definition) is 1. The smallest absolute Gasteiger partial charge is 0.358 e. The Bertz CT molecular complexity index is 528. The fourth-order valence-corrected chi connectivity index (χ4v) is 4.22. The van der Waals surface area contributed by atoms with E-state index in [0.717, 1.165) is 36.4 Å². The molecule has 0 aliphatic carbocycles. The molecule has 0 fully saturated rings. The zero-order valence-corrected chi connectivity index (χ0v) is 13.9. The molecule has 9 heteroatoms. The molecule has 1 N–H and O–H groups in total. The van der Waals surface area contributed by atoms with Crippen molar-refractivity contribution < 1.29 is 17.9 Å². The molecule has 0 unspecified atom stereocenters. The molecule has 0 aromatic carbocycles. The number of rotatable bonds is 9. The molecular formula is C11H18N2O4S3. The van der Waals surface area contributed by atoms with Gasteiger partial charge in [-0.05, 0) is 24.9 Å². The van der Waals surface area contributed by atoms with E-state index in [1.807, 2.05) is 6.26 Å². The molecular weight excluding hydrogens is 320 g/mol. The van der Waals surface area contributed by atoms with Crippen LogP contribution in [-0.2, 0) is 14.8 Å². The van der Waals surface area contributed by atoms with Gasteiger partial charge in [-0.1, -0.05) is 6.42 Å². The first-order valence-electron chi connectivity index (χ1n) is 6.03. The molecule has 1 aromatic heterocycles. The SMILES string of the molecule is COC(=O)c1ncsc1S(=O)(=O)NCCCCCSC. The van der Waals surface area contributed by atoms with Crippen LogP contribution in [0.15, 0.2) is 9.72 Å². The van der Waals surface area contributed by atoms with Crippen molar-refractivity contribution in [3.63, 3.8) is 0 Å². The second kappa shape index (κ2) is 8.60. The lowest BCUT2D eigenvalue weighted by atomic mass is 10.2.